The van der Waals surface area contributed by atoms with Crippen LogP contribution in [0.3, 0.4) is 0 Å². The van der Waals surface area contributed by atoms with Gasteiger partial charge in [-0.1, -0.05) is 6.07 Å². The lowest BCUT2D eigenvalue weighted by atomic mass is 10.3. The van der Waals surface area contributed by atoms with Crippen LogP contribution in [0.15, 0.2) is 30.5 Å². The average molecular weight is 217 g/mol. The predicted molar refractivity (Wildman–Crippen MR) is 60.0 cm³/mol. The van der Waals surface area contributed by atoms with Crippen LogP contribution in [-0.4, -0.2) is 28.1 Å². The number of carbonyl (C=O) groups excluding carboxylic acids is 1. The van der Waals surface area contributed by atoms with Gasteiger partial charge in [0.15, 0.2) is 0 Å². The van der Waals surface area contributed by atoms with Gasteiger partial charge >= 0.3 is 0 Å². The molecule has 0 aliphatic carbocycles. The van der Waals surface area contributed by atoms with Crippen LogP contribution in [0.2, 0.25) is 0 Å². The number of aromatic nitrogens is 3. The molecule has 0 aliphatic heterocycles. The minimum atomic E-state index is -0.233. The molecular weight excluding hydrogens is 206 g/mol. The summed E-state index contributed by atoms with van der Waals surface area (Å²) in [5.41, 5.74) is 5.77. The van der Waals surface area contributed by atoms with Gasteiger partial charge in [-0.15, -0.1) is 0 Å². The van der Waals surface area contributed by atoms with E-state index in [1.54, 1.807) is 25.4 Å². The van der Waals surface area contributed by atoms with Crippen molar-refractivity contribution in [1.29, 1.82) is 0 Å². The van der Waals surface area contributed by atoms with Gasteiger partial charge in [-0.05, 0) is 12.1 Å². The van der Waals surface area contributed by atoms with Crippen LogP contribution >= 0.6 is 0 Å². The zero-order chi connectivity index (χ0) is 11.5. The monoisotopic (exact) mass is 217 g/mol. The van der Waals surface area contributed by atoms with Crippen LogP contribution in [0, 0.1) is 0 Å². The van der Waals surface area contributed by atoms with Crippen molar-refractivity contribution in [1.82, 2.24) is 15.2 Å². The number of nitrogens with one attached hydrogen (secondary N) is 1. The number of carbonyl (C=O) groups is 1. The largest absolute Gasteiger partial charge is 0.382 e. The van der Waals surface area contributed by atoms with Gasteiger partial charge in [0.2, 0.25) is 0 Å². The molecule has 6 heteroatoms. The molecule has 0 aromatic carbocycles. The van der Waals surface area contributed by atoms with Gasteiger partial charge in [0.1, 0.15) is 17.3 Å². The van der Waals surface area contributed by atoms with Gasteiger partial charge < -0.3 is 5.73 Å². The molecule has 6 nitrogen and oxygen atoms in total. The normalized spacial score (nSPS) is 10.1. The van der Waals surface area contributed by atoms with Crippen molar-refractivity contribution in [3.63, 3.8) is 0 Å². The Morgan fingerprint density at radius 2 is 2.31 bits per heavy atom. The van der Waals surface area contributed by atoms with Crippen molar-refractivity contribution in [2.45, 2.75) is 0 Å². The summed E-state index contributed by atoms with van der Waals surface area (Å²) >= 11 is 0. The highest BCUT2D eigenvalue weighted by Gasteiger charge is 2.15. The first-order chi connectivity index (χ1) is 7.68. The number of nitrogens with two attached hydrogens (primary N) is 1. The molecule has 0 unspecified atom stereocenters. The van der Waals surface area contributed by atoms with Gasteiger partial charge in [-0.2, -0.15) is 5.10 Å². The summed E-state index contributed by atoms with van der Waals surface area (Å²) in [6, 6.07) is 6.84. The first-order valence-electron chi connectivity index (χ1n) is 4.68. The van der Waals surface area contributed by atoms with E-state index in [-0.39, 0.29) is 11.7 Å². The zero-order valence-corrected chi connectivity index (χ0v) is 8.71. The lowest BCUT2D eigenvalue weighted by Gasteiger charge is -2.14. The fraction of sp³-hybridized carbons (Fsp3) is 0.100. The fourth-order valence-corrected chi connectivity index (χ4v) is 1.28. The Labute approximate surface area is 92.1 Å². The third kappa shape index (κ3) is 1.85. The molecule has 2 rings (SSSR count). The second kappa shape index (κ2) is 4.01. The Hall–Kier alpha value is -2.37. The maximum Gasteiger partial charge on any atom is 0.277 e. The SMILES string of the molecule is CN(C(=O)c1cc(N)n[nH]1)c1ccccn1. The molecule has 82 valence electrons. The first kappa shape index (κ1) is 10.2. The lowest BCUT2D eigenvalue weighted by molar-refractivity contribution is 0.0987. The summed E-state index contributed by atoms with van der Waals surface area (Å²) in [4.78, 5) is 17.4. The number of nitrogen functional groups attached to an aromatic ring is 1. The second-order valence-corrected chi connectivity index (χ2v) is 3.26. The van der Waals surface area contributed by atoms with Crippen molar-refractivity contribution in [2.75, 3.05) is 17.7 Å². The molecule has 2 heterocycles. The van der Waals surface area contributed by atoms with E-state index in [0.717, 1.165) is 0 Å². The summed E-state index contributed by atoms with van der Waals surface area (Å²) in [5.74, 6) is 0.626. The number of amides is 1. The van der Waals surface area contributed by atoms with Gasteiger partial charge in [-0.25, -0.2) is 4.98 Å². The smallest absolute Gasteiger partial charge is 0.277 e. The molecule has 0 radical (unpaired) electrons. The molecule has 0 spiro atoms. The fourth-order valence-electron chi connectivity index (χ4n) is 1.28. The zero-order valence-electron chi connectivity index (χ0n) is 8.71. The summed E-state index contributed by atoms with van der Waals surface area (Å²) in [7, 11) is 1.64. The van der Waals surface area contributed by atoms with Crippen molar-refractivity contribution < 1.29 is 4.79 Å². The van der Waals surface area contributed by atoms with Crippen molar-refractivity contribution in [3.8, 4) is 0 Å². The number of aromatic amines is 1. The summed E-state index contributed by atoms with van der Waals surface area (Å²) in [5, 5.41) is 6.26. The Kier molecular flexibility index (Phi) is 2.55. The topological polar surface area (TPSA) is 87.9 Å². The summed E-state index contributed by atoms with van der Waals surface area (Å²) < 4.78 is 0. The van der Waals surface area contributed by atoms with Crippen LogP contribution in [0.5, 0.6) is 0 Å². The van der Waals surface area contributed by atoms with E-state index in [1.807, 2.05) is 6.07 Å². The van der Waals surface area contributed by atoms with Gasteiger partial charge in [-0.3, -0.25) is 14.8 Å². The maximum absolute atomic E-state index is 11.9. The number of rotatable bonds is 2. The quantitative estimate of drug-likeness (QED) is 0.773. The van der Waals surface area contributed by atoms with E-state index in [9.17, 15) is 4.79 Å². The summed E-state index contributed by atoms with van der Waals surface area (Å²) in [6.07, 6.45) is 1.63. The van der Waals surface area contributed by atoms with Crippen molar-refractivity contribution >= 4 is 17.5 Å². The third-order valence-electron chi connectivity index (χ3n) is 2.13. The van der Waals surface area contributed by atoms with Crippen LogP contribution in [0.25, 0.3) is 0 Å². The van der Waals surface area contributed by atoms with Crippen LogP contribution in [-0.2, 0) is 0 Å². The molecule has 16 heavy (non-hydrogen) atoms. The Morgan fingerprint density at radius 1 is 1.50 bits per heavy atom. The van der Waals surface area contributed by atoms with Crippen LogP contribution in [0.4, 0.5) is 11.6 Å². The molecule has 2 aromatic rings. The minimum absolute atomic E-state index is 0.233. The average Bonchev–Trinajstić information content (AvgIpc) is 2.75. The van der Waals surface area contributed by atoms with E-state index in [4.69, 9.17) is 5.73 Å². The minimum Gasteiger partial charge on any atom is -0.382 e. The van der Waals surface area contributed by atoms with Crippen LogP contribution in [0.1, 0.15) is 10.5 Å². The standard InChI is InChI=1S/C10H11N5O/c1-15(9-4-2-3-5-12-9)10(16)7-6-8(11)14-13-7/h2-6H,1H3,(H3,11,13,14). The highest BCUT2D eigenvalue weighted by Crippen LogP contribution is 2.11. The molecule has 0 saturated carbocycles. The molecule has 0 fully saturated rings. The summed E-state index contributed by atoms with van der Waals surface area (Å²) in [6.45, 7) is 0. The van der Waals surface area contributed by atoms with E-state index >= 15 is 0 Å². The van der Waals surface area contributed by atoms with Crippen molar-refractivity contribution in [3.05, 3.63) is 36.2 Å². The second-order valence-electron chi connectivity index (χ2n) is 3.26. The molecule has 0 aliphatic rings. The van der Waals surface area contributed by atoms with Gasteiger partial charge in [0.25, 0.3) is 5.91 Å². The van der Waals surface area contributed by atoms with E-state index in [1.165, 1.54) is 11.0 Å². The Bertz CT molecular complexity index is 493. The predicted octanol–water partition coefficient (Wildman–Crippen LogP) is 0.663. The number of nitrogens with zero attached hydrogens (tertiary/aromatic N) is 3. The number of anilines is 2. The molecule has 2 aromatic heterocycles. The van der Waals surface area contributed by atoms with E-state index in [0.29, 0.717) is 11.5 Å². The lowest BCUT2D eigenvalue weighted by Crippen LogP contribution is -2.27. The number of hydrogen-bond acceptors (Lipinski definition) is 4. The number of hydrogen-bond donors (Lipinski definition) is 2. The molecular formula is C10H11N5O. The molecule has 0 bridgehead atoms. The van der Waals surface area contributed by atoms with Crippen LogP contribution < -0.4 is 10.6 Å². The van der Waals surface area contributed by atoms with Gasteiger partial charge in [0.05, 0.1) is 0 Å². The molecule has 1 amide bonds. The van der Waals surface area contributed by atoms with Gasteiger partial charge in [0, 0.05) is 19.3 Å². The van der Waals surface area contributed by atoms with E-state index in [2.05, 4.69) is 15.2 Å². The maximum atomic E-state index is 11.9. The Morgan fingerprint density at radius 3 is 2.88 bits per heavy atom. The molecule has 0 atom stereocenters. The molecule has 3 N–H and O–H groups in total. The Balaban J connectivity index is 2.23. The van der Waals surface area contributed by atoms with E-state index < -0.39 is 0 Å². The molecule has 0 saturated heterocycles. The van der Waals surface area contributed by atoms with Crippen molar-refractivity contribution in [2.24, 2.45) is 0 Å². The highest BCUT2D eigenvalue weighted by molar-refractivity contribution is 6.04. The first-order valence-corrected chi connectivity index (χ1v) is 4.68. The third-order valence-corrected chi connectivity index (χ3v) is 2.13. The number of H-pyrrole nitrogens is 1. The number of pyridine rings is 1. The highest BCUT2D eigenvalue weighted by atomic mass is 16.2.